The molecule has 1 atom stereocenters. The lowest BCUT2D eigenvalue weighted by Gasteiger charge is -2.22. The first-order valence-electron chi connectivity index (χ1n) is 5.02. The summed E-state index contributed by atoms with van der Waals surface area (Å²) in [5.74, 6) is -0.856. The van der Waals surface area contributed by atoms with Gasteiger partial charge in [-0.1, -0.05) is 18.2 Å². The van der Waals surface area contributed by atoms with Gasteiger partial charge in [-0.3, -0.25) is 4.79 Å². The molecule has 0 radical (unpaired) electrons. The Morgan fingerprint density at radius 3 is 2.44 bits per heavy atom. The maximum Gasteiger partial charge on any atom is 0.243 e. The van der Waals surface area contributed by atoms with E-state index in [1.165, 1.54) is 12.1 Å². The van der Waals surface area contributed by atoms with Crippen molar-refractivity contribution in [3.8, 4) is 0 Å². The molecule has 0 saturated heterocycles. The number of halogens is 2. The number of nitrogens with one attached hydrogen (secondary N) is 1. The number of carbonyl (C=O) groups is 1. The van der Waals surface area contributed by atoms with Crippen LogP contribution in [-0.4, -0.2) is 11.4 Å². The molecule has 0 aliphatic heterocycles. The van der Waals surface area contributed by atoms with E-state index >= 15 is 0 Å². The molecule has 0 aliphatic rings. The van der Waals surface area contributed by atoms with Gasteiger partial charge in [0.15, 0.2) is 0 Å². The molecule has 4 heteroatoms. The summed E-state index contributed by atoms with van der Waals surface area (Å²) < 4.78 is 13.4. The molecule has 0 aromatic heterocycles. The molecule has 1 aromatic rings. The van der Waals surface area contributed by atoms with Crippen molar-refractivity contribution >= 4 is 17.5 Å². The van der Waals surface area contributed by atoms with Gasteiger partial charge in [0.1, 0.15) is 11.2 Å². The monoisotopic (exact) mass is 243 g/mol. The summed E-state index contributed by atoms with van der Waals surface area (Å²) in [4.78, 5) is 11.7. The Bertz CT molecular complexity index is 387. The first-order chi connectivity index (χ1) is 7.31. The van der Waals surface area contributed by atoms with E-state index in [0.29, 0.717) is 0 Å². The molecule has 88 valence electrons. The molecular weight excluding hydrogens is 229 g/mol. The lowest BCUT2D eigenvalue weighted by Crippen LogP contribution is -2.42. The Balaban J connectivity index is 2.83. The van der Waals surface area contributed by atoms with E-state index < -0.39 is 11.2 Å². The van der Waals surface area contributed by atoms with Crippen LogP contribution in [-0.2, 0) is 4.79 Å². The largest absolute Gasteiger partial charge is 0.350 e. The molecule has 0 aliphatic carbocycles. The molecule has 0 saturated carbocycles. The van der Waals surface area contributed by atoms with Gasteiger partial charge < -0.3 is 5.32 Å². The number of carbonyl (C=O) groups excluding carboxylic acids is 1. The first-order valence-corrected chi connectivity index (χ1v) is 5.45. The fraction of sp³-hybridized carbons (Fsp3) is 0.417. The van der Waals surface area contributed by atoms with Crippen molar-refractivity contribution in [1.29, 1.82) is 0 Å². The van der Waals surface area contributed by atoms with Crippen molar-refractivity contribution in [2.75, 3.05) is 0 Å². The molecule has 0 heterocycles. The van der Waals surface area contributed by atoms with E-state index in [-0.39, 0.29) is 17.0 Å². The summed E-state index contributed by atoms with van der Waals surface area (Å²) in [6.45, 7) is 5.53. The van der Waals surface area contributed by atoms with Crippen molar-refractivity contribution in [2.45, 2.75) is 31.7 Å². The maximum atomic E-state index is 13.4. The molecule has 2 nitrogen and oxygen atoms in total. The third-order valence-corrected chi connectivity index (χ3v) is 2.34. The van der Waals surface area contributed by atoms with Crippen molar-refractivity contribution < 1.29 is 9.18 Å². The van der Waals surface area contributed by atoms with Gasteiger partial charge in [-0.2, -0.15) is 0 Å². The summed E-state index contributed by atoms with van der Waals surface area (Å²) in [6.07, 6.45) is 0. The minimum atomic E-state index is -1.000. The van der Waals surface area contributed by atoms with Crippen molar-refractivity contribution in [1.82, 2.24) is 5.32 Å². The minimum Gasteiger partial charge on any atom is -0.350 e. The van der Waals surface area contributed by atoms with Crippen LogP contribution in [0.15, 0.2) is 24.3 Å². The molecule has 1 aromatic carbocycles. The second-order valence-corrected chi connectivity index (χ2v) is 5.06. The third-order valence-electron chi connectivity index (χ3n) is 1.91. The fourth-order valence-corrected chi connectivity index (χ4v) is 1.49. The molecule has 0 fully saturated rings. The number of hydrogen-bond donors (Lipinski definition) is 1. The average molecular weight is 244 g/mol. The fourth-order valence-electron chi connectivity index (χ4n) is 1.25. The van der Waals surface area contributed by atoms with Gasteiger partial charge >= 0.3 is 0 Å². The standard InChI is InChI=1S/C12H15ClFNO/c1-12(2,3)15-11(16)10(13)8-6-4-5-7-9(8)14/h4-7,10H,1-3H3,(H,15,16). The highest BCUT2D eigenvalue weighted by Crippen LogP contribution is 2.23. The van der Waals surface area contributed by atoms with Crippen LogP contribution in [0.2, 0.25) is 0 Å². The number of benzene rings is 1. The number of alkyl halides is 1. The van der Waals surface area contributed by atoms with E-state index in [2.05, 4.69) is 5.32 Å². The highest BCUT2D eigenvalue weighted by molar-refractivity contribution is 6.30. The predicted octanol–water partition coefficient (Wildman–Crippen LogP) is 3.02. The summed E-state index contributed by atoms with van der Waals surface area (Å²) in [5, 5.41) is 1.71. The average Bonchev–Trinajstić information content (AvgIpc) is 2.15. The normalized spacial score (nSPS) is 13.3. The van der Waals surface area contributed by atoms with Crippen molar-refractivity contribution in [3.63, 3.8) is 0 Å². The lowest BCUT2D eigenvalue weighted by atomic mass is 10.1. The Kier molecular flexibility index (Phi) is 3.92. The molecule has 1 amide bonds. The summed E-state index contributed by atoms with van der Waals surface area (Å²) in [7, 11) is 0. The number of amides is 1. The van der Waals surface area contributed by atoms with Crippen LogP contribution in [0.5, 0.6) is 0 Å². The van der Waals surface area contributed by atoms with Crippen LogP contribution >= 0.6 is 11.6 Å². The van der Waals surface area contributed by atoms with Crippen LogP contribution < -0.4 is 5.32 Å². The number of hydrogen-bond acceptors (Lipinski definition) is 1. The van der Waals surface area contributed by atoms with Crippen molar-refractivity contribution in [3.05, 3.63) is 35.6 Å². The summed E-state index contributed by atoms with van der Waals surface area (Å²) in [6, 6.07) is 6.01. The molecule has 1 N–H and O–H groups in total. The van der Waals surface area contributed by atoms with Crippen LogP contribution in [0.3, 0.4) is 0 Å². The molecule has 0 spiro atoms. The molecule has 1 rings (SSSR count). The number of rotatable bonds is 2. The van der Waals surface area contributed by atoms with E-state index in [0.717, 1.165) is 0 Å². The Morgan fingerprint density at radius 1 is 1.38 bits per heavy atom. The topological polar surface area (TPSA) is 29.1 Å². The van der Waals surface area contributed by atoms with E-state index in [4.69, 9.17) is 11.6 Å². The highest BCUT2D eigenvalue weighted by Gasteiger charge is 2.24. The van der Waals surface area contributed by atoms with Gasteiger partial charge in [0, 0.05) is 11.1 Å². The third kappa shape index (κ3) is 3.49. The van der Waals surface area contributed by atoms with Gasteiger partial charge in [-0.15, -0.1) is 11.6 Å². The zero-order valence-corrected chi connectivity index (χ0v) is 10.3. The minimum absolute atomic E-state index is 0.200. The van der Waals surface area contributed by atoms with E-state index in [1.807, 2.05) is 20.8 Å². The van der Waals surface area contributed by atoms with E-state index in [1.54, 1.807) is 12.1 Å². The summed E-state index contributed by atoms with van der Waals surface area (Å²) >= 11 is 5.92. The van der Waals surface area contributed by atoms with Crippen LogP contribution in [0.4, 0.5) is 4.39 Å². The first kappa shape index (κ1) is 13.0. The SMILES string of the molecule is CC(C)(C)NC(=O)C(Cl)c1ccccc1F. The van der Waals surface area contributed by atoms with Gasteiger partial charge in [-0.25, -0.2) is 4.39 Å². The lowest BCUT2D eigenvalue weighted by molar-refractivity contribution is -0.122. The quantitative estimate of drug-likeness (QED) is 0.795. The van der Waals surface area contributed by atoms with Gasteiger partial charge in [0.05, 0.1) is 0 Å². The molecule has 16 heavy (non-hydrogen) atoms. The Labute approximate surface area is 99.8 Å². The predicted molar refractivity (Wildman–Crippen MR) is 62.9 cm³/mol. The maximum absolute atomic E-state index is 13.4. The van der Waals surface area contributed by atoms with Crippen LogP contribution in [0.25, 0.3) is 0 Å². The summed E-state index contributed by atoms with van der Waals surface area (Å²) in [5.41, 5.74) is -0.180. The molecular formula is C12H15ClFNO. The zero-order chi connectivity index (χ0) is 12.3. The smallest absolute Gasteiger partial charge is 0.243 e. The van der Waals surface area contributed by atoms with Crippen molar-refractivity contribution in [2.24, 2.45) is 0 Å². The van der Waals surface area contributed by atoms with Gasteiger partial charge in [0.2, 0.25) is 5.91 Å². The second kappa shape index (κ2) is 4.83. The zero-order valence-electron chi connectivity index (χ0n) is 9.55. The van der Waals surface area contributed by atoms with Crippen LogP contribution in [0, 0.1) is 5.82 Å². The molecule has 0 bridgehead atoms. The van der Waals surface area contributed by atoms with Crippen LogP contribution in [0.1, 0.15) is 31.7 Å². The second-order valence-electron chi connectivity index (χ2n) is 4.62. The van der Waals surface area contributed by atoms with Gasteiger partial charge in [0.25, 0.3) is 0 Å². The molecule has 1 unspecified atom stereocenters. The van der Waals surface area contributed by atoms with E-state index in [9.17, 15) is 9.18 Å². The highest BCUT2D eigenvalue weighted by atomic mass is 35.5. The Hall–Kier alpha value is -1.09. The van der Waals surface area contributed by atoms with Gasteiger partial charge in [-0.05, 0) is 26.8 Å². The Morgan fingerprint density at radius 2 is 1.94 bits per heavy atom.